The second-order valence-electron chi connectivity index (χ2n) is 4.41. The Morgan fingerprint density at radius 2 is 2.12 bits per heavy atom. The van der Waals surface area contributed by atoms with Gasteiger partial charge in [-0.05, 0) is 44.5 Å². The zero-order valence-electron chi connectivity index (χ0n) is 11.2. The van der Waals surface area contributed by atoms with Crippen molar-refractivity contribution in [2.75, 3.05) is 13.7 Å². The Balaban J connectivity index is 2.69. The predicted octanol–water partition coefficient (Wildman–Crippen LogP) is 2.43. The first kappa shape index (κ1) is 14.0. The van der Waals surface area contributed by atoms with E-state index in [1.165, 1.54) is 5.56 Å². The summed E-state index contributed by atoms with van der Waals surface area (Å²) in [6.45, 7) is 6.45. The summed E-state index contributed by atoms with van der Waals surface area (Å²) in [5.74, 6) is 0.851. The molecule has 0 aliphatic heterocycles. The lowest BCUT2D eigenvalue weighted by atomic mass is 10.1. The minimum absolute atomic E-state index is 0.337. The molecule has 1 rings (SSSR count). The van der Waals surface area contributed by atoms with Gasteiger partial charge in [-0.25, -0.2) is 0 Å². The third-order valence-corrected chi connectivity index (χ3v) is 3.03. The predicted molar refractivity (Wildman–Crippen MR) is 70.4 cm³/mol. The minimum atomic E-state index is -0.384. The van der Waals surface area contributed by atoms with Crippen molar-refractivity contribution >= 4 is 0 Å². The molecule has 3 nitrogen and oxygen atoms in total. The van der Waals surface area contributed by atoms with Gasteiger partial charge < -0.3 is 15.2 Å². The van der Waals surface area contributed by atoms with Crippen LogP contribution in [0.5, 0.6) is 5.75 Å². The molecule has 0 bridgehead atoms. The second kappa shape index (κ2) is 6.62. The van der Waals surface area contributed by atoms with Gasteiger partial charge in [-0.15, -0.1) is 0 Å². The molecule has 0 amide bonds. The molecule has 3 heteroatoms. The number of hydrogen-bond acceptors (Lipinski definition) is 3. The molecular formula is C14H23NO2. The molecule has 0 heterocycles. The molecule has 0 fully saturated rings. The van der Waals surface area contributed by atoms with E-state index in [0.717, 1.165) is 11.3 Å². The summed E-state index contributed by atoms with van der Waals surface area (Å²) in [6, 6.07) is 6.49. The number of benzene rings is 1. The standard InChI is InChI=1S/C14H23NO2/c1-5-13(16)9-17-14-7-6-12(8-10(14)2)11(3)15-4/h6-8,11,13,15-16H,5,9H2,1-4H3. The lowest BCUT2D eigenvalue weighted by Crippen LogP contribution is -2.16. The number of rotatable bonds is 6. The number of hydrogen-bond donors (Lipinski definition) is 2. The van der Waals surface area contributed by atoms with Crippen LogP contribution in [0.4, 0.5) is 0 Å². The summed E-state index contributed by atoms with van der Waals surface area (Å²) in [5.41, 5.74) is 2.35. The molecule has 1 aromatic rings. The molecule has 2 atom stereocenters. The molecule has 0 saturated carbocycles. The molecule has 0 radical (unpaired) electrons. The van der Waals surface area contributed by atoms with Gasteiger partial charge in [0.25, 0.3) is 0 Å². The number of aryl methyl sites for hydroxylation is 1. The highest BCUT2D eigenvalue weighted by atomic mass is 16.5. The van der Waals surface area contributed by atoms with Crippen LogP contribution in [0.2, 0.25) is 0 Å². The molecule has 17 heavy (non-hydrogen) atoms. The molecule has 2 unspecified atom stereocenters. The average molecular weight is 237 g/mol. The average Bonchev–Trinajstić information content (AvgIpc) is 2.35. The molecule has 96 valence electrons. The van der Waals surface area contributed by atoms with E-state index >= 15 is 0 Å². The molecule has 0 saturated heterocycles. The Labute approximate surface area is 104 Å². The van der Waals surface area contributed by atoms with E-state index in [1.807, 2.05) is 27.0 Å². The van der Waals surface area contributed by atoms with E-state index in [0.29, 0.717) is 19.1 Å². The van der Waals surface area contributed by atoms with Crippen LogP contribution < -0.4 is 10.1 Å². The smallest absolute Gasteiger partial charge is 0.122 e. The lowest BCUT2D eigenvalue weighted by Gasteiger charge is -2.15. The van der Waals surface area contributed by atoms with Crippen LogP contribution in [-0.2, 0) is 0 Å². The lowest BCUT2D eigenvalue weighted by molar-refractivity contribution is 0.104. The Morgan fingerprint density at radius 3 is 2.65 bits per heavy atom. The molecule has 0 aliphatic carbocycles. The Hall–Kier alpha value is -1.06. The van der Waals surface area contributed by atoms with Gasteiger partial charge in [-0.3, -0.25) is 0 Å². The van der Waals surface area contributed by atoms with Crippen molar-refractivity contribution in [3.8, 4) is 5.75 Å². The topological polar surface area (TPSA) is 41.5 Å². The maximum Gasteiger partial charge on any atom is 0.122 e. The maximum absolute atomic E-state index is 9.46. The number of nitrogens with one attached hydrogen (secondary N) is 1. The van der Waals surface area contributed by atoms with Gasteiger partial charge in [0.1, 0.15) is 12.4 Å². The van der Waals surface area contributed by atoms with E-state index in [2.05, 4.69) is 24.4 Å². The van der Waals surface area contributed by atoms with Gasteiger partial charge in [-0.2, -0.15) is 0 Å². The Morgan fingerprint density at radius 1 is 1.41 bits per heavy atom. The van der Waals surface area contributed by atoms with Gasteiger partial charge in [0.05, 0.1) is 6.10 Å². The zero-order chi connectivity index (χ0) is 12.8. The highest BCUT2D eigenvalue weighted by Crippen LogP contribution is 2.22. The zero-order valence-corrected chi connectivity index (χ0v) is 11.2. The van der Waals surface area contributed by atoms with Gasteiger partial charge in [0.2, 0.25) is 0 Å². The molecule has 0 spiro atoms. The molecule has 1 aromatic carbocycles. The summed E-state index contributed by atoms with van der Waals surface area (Å²) >= 11 is 0. The summed E-state index contributed by atoms with van der Waals surface area (Å²) in [5, 5.41) is 12.7. The van der Waals surface area contributed by atoms with E-state index in [4.69, 9.17) is 4.74 Å². The van der Waals surface area contributed by atoms with Gasteiger partial charge >= 0.3 is 0 Å². The van der Waals surface area contributed by atoms with E-state index in [-0.39, 0.29) is 6.10 Å². The summed E-state index contributed by atoms with van der Waals surface area (Å²) in [6.07, 6.45) is 0.332. The maximum atomic E-state index is 9.46. The van der Waals surface area contributed by atoms with Gasteiger partial charge in [0, 0.05) is 6.04 Å². The number of aliphatic hydroxyl groups is 1. The molecular weight excluding hydrogens is 214 g/mol. The van der Waals surface area contributed by atoms with E-state index < -0.39 is 0 Å². The fourth-order valence-corrected chi connectivity index (χ4v) is 1.57. The third-order valence-electron chi connectivity index (χ3n) is 3.03. The molecule has 0 aliphatic rings. The van der Waals surface area contributed by atoms with Crippen molar-refractivity contribution in [3.63, 3.8) is 0 Å². The highest BCUT2D eigenvalue weighted by Gasteiger charge is 2.07. The van der Waals surface area contributed by atoms with Crippen molar-refractivity contribution in [1.29, 1.82) is 0 Å². The first-order valence-electron chi connectivity index (χ1n) is 6.17. The van der Waals surface area contributed by atoms with Crippen LogP contribution in [0, 0.1) is 6.92 Å². The fourth-order valence-electron chi connectivity index (χ4n) is 1.57. The van der Waals surface area contributed by atoms with Gasteiger partial charge in [0.15, 0.2) is 0 Å². The van der Waals surface area contributed by atoms with Crippen molar-refractivity contribution in [1.82, 2.24) is 5.32 Å². The monoisotopic (exact) mass is 237 g/mol. The first-order chi connectivity index (χ1) is 8.08. The van der Waals surface area contributed by atoms with Crippen LogP contribution in [0.3, 0.4) is 0 Å². The number of aliphatic hydroxyl groups excluding tert-OH is 1. The van der Waals surface area contributed by atoms with Crippen LogP contribution >= 0.6 is 0 Å². The van der Waals surface area contributed by atoms with Crippen LogP contribution in [0.15, 0.2) is 18.2 Å². The van der Waals surface area contributed by atoms with Crippen molar-refractivity contribution in [3.05, 3.63) is 29.3 Å². The molecule has 0 aromatic heterocycles. The largest absolute Gasteiger partial charge is 0.491 e. The summed E-state index contributed by atoms with van der Waals surface area (Å²) in [7, 11) is 1.95. The molecule has 2 N–H and O–H groups in total. The van der Waals surface area contributed by atoms with E-state index in [9.17, 15) is 5.11 Å². The first-order valence-corrected chi connectivity index (χ1v) is 6.17. The van der Waals surface area contributed by atoms with Crippen LogP contribution in [0.1, 0.15) is 37.4 Å². The van der Waals surface area contributed by atoms with Crippen molar-refractivity contribution in [2.24, 2.45) is 0 Å². The quantitative estimate of drug-likeness (QED) is 0.798. The van der Waals surface area contributed by atoms with Crippen molar-refractivity contribution < 1.29 is 9.84 Å². The third kappa shape index (κ3) is 4.02. The Bertz CT molecular complexity index is 352. The number of ether oxygens (including phenoxy) is 1. The summed E-state index contributed by atoms with van der Waals surface area (Å²) in [4.78, 5) is 0. The van der Waals surface area contributed by atoms with Crippen LogP contribution in [0.25, 0.3) is 0 Å². The highest BCUT2D eigenvalue weighted by molar-refractivity contribution is 5.37. The normalized spacial score (nSPS) is 14.4. The van der Waals surface area contributed by atoms with Crippen molar-refractivity contribution in [2.45, 2.75) is 39.3 Å². The SMILES string of the molecule is CCC(O)COc1ccc(C(C)NC)cc1C. The van der Waals surface area contributed by atoms with Gasteiger partial charge in [-0.1, -0.05) is 19.1 Å². The Kier molecular flexibility index (Phi) is 5.45. The van der Waals surface area contributed by atoms with Crippen LogP contribution in [-0.4, -0.2) is 24.9 Å². The summed E-state index contributed by atoms with van der Waals surface area (Å²) < 4.78 is 5.59. The van der Waals surface area contributed by atoms with E-state index in [1.54, 1.807) is 0 Å². The second-order valence-corrected chi connectivity index (χ2v) is 4.41. The fraction of sp³-hybridized carbons (Fsp3) is 0.571. The minimum Gasteiger partial charge on any atom is -0.491 e.